The first kappa shape index (κ1) is 19.4. The van der Waals surface area contributed by atoms with Crippen molar-refractivity contribution >= 4 is 17.0 Å². The van der Waals surface area contributed by atoms with Crippen LogP contribution in [0, 0.1) is 0 Å². The molecule has 1 aliphatic carbocycles. The summed E-state index contributed by atoms with van der Waals surface area (Å²) in [5.74, 6) is 1.56. The zero-order valence-corrected chi connectivity index (χ0v) is 18.1. The Morgan fingerprint density at radius 2 is 1.85 bits per heavy atom. The molecule has 0 aliphatic heterocycles. The number of nitrogens with zero attached hydrogens (tertiary/aromatic N) is 6. The van der Waals surface area contributed by atoms with Gasteiger partial charge in [0, 0.05) is 11.9 Å². The van der Waals surface area contributed by atoms with Gasteiger partial charge in [0.1, 0.15) is 17.0 Å². The third-order valence-corrected chi connectivity index (χ3v) is 6.01. The summed E-state index contributed by atoms with van der Waals surface area (Å²) in [4.78, 5) is 22.8. The van der Waals surface area contributed by atoms with Crippen molar-refractivity contribution in [2.45, 2.75) is 19.3 Å². The van der Waals surface area contributed by atoms with E-state index in [9.17, 15) is 0 Å². The molecule has 2 N–H and O–H groups in total. The summed E-state index contributed by atoms with van der Waals surface area (Å²) in [5.41, 5.74) is 13.6. The zero-order chi connectivity index (χ0) is 22.4. The van der Waals surface area contributed by atoms with Crippen molar-refractivity contribution in [1.29, 1.82) is 0 Å². The summed E-state index contributed by atoms with van der Waals surface area (Å²) in [5, 5.41) is 0. The molecule has 0 saturated carbocycles. The molecule has 0 fully saturated rings. The van der Waals surface area contributed by atoms with Gasteiger partial charge in [0.2, 0.25) is 5.88 Å². The van der Waals surface area contributed by atoms with E-state index in [0.29, 0.717) is 34.6 Å². The lowest BCUT2D eigenvalue weighted by atomic mass is 10.1. The minimum absolute atomic E-state index is 0.425. The van der Waals surface area contributed by atoms with Crippen LogP contribution in [-0.4, -0.2) is 36.6 Å². The lowest BCUT2D eigenvalue weighted by molar-refractivity contribution is 0.396. The number of ether oxygens (including phenoxy) is 1. The Bertz CT molecular complexity index is 1510. The molecule has 6 rings (SSSR count). The first-order valence-corrected chi connectivity index (χ1v) is 10.8. The summed E-state index contributed by atoms with van der Waals surface area (Å²) in [7, 11) is 1.57. The Labute approximate surface area is 190 Å². The topological polar surface area (TPSA) is 105 Å². The highest BCUT2D eigenvalue weighted by molar-refractivity contribution is 5.84. The number of nitrogens with two attached hydrogens (primary N) is 1. The van der Waals surface area contributed by atoms with E-state index in [1.165, 1.54) is 17.5 Å². The number of benzene rings is 1. The van der Waals surface area contributed by atoms with E-state index < -0.39 is 0 Å². The number of anilines is 1. The van der Waals surface area contributed by atoms with Crippen molar-refractivity contribution in [2.24, 2.45) is 0 Å². The van der Waals surface area contributed by atoms with Gasteiger partial charge in [-0.3, -0.25) is 9.55 Å². The van der Waals surface area contributed by atoms with Crippen LogP contribution in [0.2, 0.25) is 0 Å². The summed E-state index contributed by atoms with van der Waals surface area (Å²) in [6, 6.07) is 14.2. The number of hydrogen-bond acceptors (Lipinski definition) is 7. The molecule has 0 radical (unpaired) electrons. The number of rotatable bonds is 4. The minimum Gasteiger partial charge on any atom is -0.480 e. The van der Waals surface area contributed by atoms with Crippen molar-refractivity contribution in [3.63, 3.8) is 0 Å². The van der Waals surface area contributed by atoms with Gasteiger partial charge in [0.25, 0.3) is 0 Å². The number of methoxy groups -OCH3 is 1. The fourth-order valence-electron chi connectivity index (χ4n) is 4.40. The van der Waals surface area contributed by atoms with Crippen molar-refractivity contribution in [1.82, 2.24) is 29.5 Å². The van der Waals surface area contributed by atoms with Crippen LogP contribution in [0.15, 0.2) is 61.1 Å². The molecule has 4 heterocycles. The highest BCUT2D eigenvalue weighted by atomic mass is 16.5. The first-order chi connectivity index (χ1) is 16.2. The van der Waals surface area contributed by atoms with Crippen LogP contribution in [0.1, 0.15) is 17.5 Å². The summed E-state index contributed by atoms with van der Waals surface area (Å²) in [6.07, 6.45) is 8.31. The fourth-order valence-corrected chi connectivity index (χ4v) is 4.40. The smallest absolute Gasteiger partial charge is 0.232 e. The van der Waals surface area contributed by atoms with Crippen molar-refractivity contribution < 1.29 is 4.74 Å². The van der Waals surface area contributed by atoms with Gasteiger partial charge in [-0.25, -0.2) is 19.9 Å². The van der Waals surface area contributed by atoms with Crippen LogP contribution in [0.25, 0.3) is 39.6 Å². The maximum Gasteiger partial charge on any atom is 0.232 e. The average molecular weight is 435 g/mol. The number of aromatic nitrogens is 6. The number of pyridine rings is 2. The highest BCUT2D eigenvalue weighted by Crippen LogP contribution is 2.33. The molecule has 162 valence electrons. The van der Waals surface area contributed by atoms with Crippen LogP contribution < -0.4 is 10.5 Å². The molecule has 0 bridgehead atoms. The summed E-state index contributed by atoms with van der Waals surface area (Å²) in [6.45, 7) is 0. The maximum atomic E-state index is 6.25. The monoisotopic (exact) mass is 435 g/mol. The number of imidazole rings is 1. The largest absolute Gasteiger partial charge is 0.480 e. The lowest BCUT2D eigenvalue weighted by Gasteiger charge is -2.12. The second-order valence-corrected chi connectivity index (χ2v) is 8.00. The van der Waals surface area contributed by atoms with Gasteiger partial charge in [0.15, 0.2) is 11.5 Å². The zero-order valence-electron chi connectivity index (χ0n) is 18.1. The molecule has 33 heavy (non-hydrogen) atoms. The fraction of sp³-hybridized carbons (Fsp3) is 0.160. The van der Waals surface area contributed by atoms with Crippen molar-refractivity contribution in [3.05, 3.63) is 72.2 Å². The molecule has 4 aromatic heterocycles. The number of hydrogen-bond donors (Lipinski definition) is 1. The number of nitrogen functional groups attached to an aromatic ring is 1. The molecule has 5 aromatic rings. The Balaban J connectivity index is 1.61. The third-order valence-electron chi connectivity index (χ3n) is 6.01. The molecular formula is C25H21N7O. The Kier molecular flexibility index (Phi) is 4.50. The van der Waals surface area contributed by atoms with Gasteiger partial charge in [0.05, 0.1) is 30.8 Å². The SMILES string of the molecule is COc1cncc(-c2ccc3nc(-c4cccnc4N)n(-c4ccc5c(c4)CCC5)c3n2)n1. The third kappa shape index (κ3) is 3.27. The molecule has 1 aliphatic rings. The lowest BCUT2D eigenvalue weighted by Crippen LogP contribution is -2.03. The van der Waals surface area contributed by atoms with E-state index in [0.717, 1.165) is 29.6 Å². The number of fused-ring (bicyclic) bond motifs is 2. The van der Waals surface area contributed by atoms with Crippen LogP contribution in [0.5, 0.6) is 5.88 Å². The molecule has 8 heteroatoms. The van der Waals surface area contributed by atoms with Gasteiger partial charge in [-0.15, -0.1) is 0 Å². The van der Waals surface area contributed by atoms with E-state index in [2.05, 4.69) is 37.7 Å². The van der Waals surface area contributed by atoms with Gasteiger partial charge in [-0.2, -0.15) is 0 Å². The Morgan fingerprint density at radius 1 is 0.939 bits per heavy atom. The minimum atomic E-state index is 0.425. The highest BCUT2D eigenvalue weighted by Gasteiger charge is 2.20. The molecule has 0 unspecified atom stereocenters. The van der Waals surface area contributed by atoms with E-state index >= 15 is 0 Å². The van der Waals surface area contributed by atoms with Gasteiger partial charge in [-0.05, 0) is 66.8 Å². The molecule has 1 aromatic carbocycles. The van der Waals surface area contributed by atoms with Crippen molar-refractivity contribution in [3.8, 4) is 34.3 Å². The van der Waals surface area contributed by atoms with Crippen LogP contribution in [0.4, 0.5) is 5.82 Å². The normalized spacial score (nSPS) is 12.8. The standard InChI is InChI=1S/C25H21N7O/c1-33-22-14-27-13-21(29-22)19-9-10-20-25(30-19)32(17-8-7-15-4-2-5-16(15)12-17)24(31-20)18-6-3-11-28-23(18)26/h3,6-14H,2,4-5H2,1H3,(H2,26,28). The van der Waals surface area contributed by atoms with E-state index in [1.807, 2.05) is 24.3 Å². The van der Waals surface area contributed by atoms with Crippen LogP contribution in [0.3, 0.4) is 0 Å². The van der Waals surface area contributed by atoms with Gasteiger partial charge < -0.3 is 10.5 Å². The summed E-state index contributed by atoms with van der Waals surface area (Å²) < 4.78 is 7.29. The van der Waals surface area contributed by atoms with Crippen molar-refractivity contribution in [2.75, 3.05) is 12.8 Å². The van der Waals surface area contributed by atoms with Crippen LogP contribution in [-0.2, 0) is 12.8 Å². The quantitative estimate of drug-likeness (QED) is 0.455. The second kappa shape index (κ2) is 7.67. The maximum absolute atomic E-state index is 6.25. The molecule has 8 nitrogen and oxygen atoms in total. The van der Waals surface area contributed by atoms with E-state index in [1.54, 1.807) is 25.7 Å². The predicted molar refractivity (Wildman–Crippen MR) is 126 cm³/mol. The van der Waals surface area contributed by atoms with E-state index in [-0.39, 0.29) is 0 Å². The first-order valence-electron chi connectivity index (χ1n) is 10.8. The Morgan fingerprint density at radius 3 is 2.73 bits per heavy atom. The molecular weight excluding hydrogens is 414 g/mol. The molecule has 0 saturated heterocycles. The molecule has 0 spiro atoms. The van der Waals surface area contributed by atoms with Crippen LogP contribution >= 0.6 is 0 Å². The average Bonchev–Trinajstić information content (AvgIpc) is 3.48. The summed E-state index contributed by atoms with van der Waals surface area (Å²) >= 11 is 0. The van der Waals surface area contributed by atoms with E-state index in [4.69, 9.17) is 20.4 Å². The van der Waals surface area contributed by atoms with Gasteiger partial charge >= 0.3 is 0 Å². The molecule has 0 amide bonds. The number of aryl methyl sites for hydroxylation is 2. The Hall–Kier alpha value is -4.33. The predicted octanol–water partition coefficient (Wildman–Crippen LogP) is 4.02. The molecule has 0 atom stereocenters. The second-order valence-electron chi connectivity index (χ2n) is 8.00. The van der Waals surface area contributed by atoms with Gasteiger partial charge in [-0.1, -0.05) is 6.07 Å².